The Labute approximate surface area is 199 Å². The Morgan fingerprint density at radius 2 is 1.97 bits per heavy atom. The molecule has 0 bridgehead atoms. The Kier molecular flexibility index (Phi) is 4.77. The van der Waals surface area contributed by atoms with Gasteiger partial charge in [0.05, 0.1) is 12.1 Å². The van der Waals surface area contributed by atoms with E-state index in [1.807, 2.05) is 30.3 Å². The zero-order chi connectivity index (χ0) is 24.2. The number of amides is 2. The number of nitrogens with zero attached hydrogens (tertiary/aromatic N) is 5. The van der Waals surface area contributed by atoms with Gasteiger partial charge in [0.25, 0.3) is 11.8 Å². The van der Waals surface area contributed by atoms with E-state index < -0.39 is 5.54 Å². The molecule has 4 heterocycles. The minimum atomic E-state index is -0.640. The number of carbonyl (C=O) groups is 3. The fraction of sp³-hybridized carbons (Fsp3) is 0.280. The number of para-hydroxylation sites is 1. The number of aromatic nitrogens is 4. The van der Waals surface area contributed by atoms with Gasteiger partial charge in [-0.05, 0) is 25.0 Å². The van der Waals surface area contributed by atoms with Gasteiger partial charge in [0, 0.05) is 48.9 Å². The number of fused-ring (bicyclic) bond motifs is 2. The van der Waals surface area contributed by atoms with Crippen LogP contribution in [0.4, 0.5) is 0 Å². The molecule has 0 atom stereocenters. The van der Waals surface area contributed by atoms with Crippen LogP contribution >= 0.6 is 0 Å². The van der Waals surface area contributed by atoms with Crippen molar-refractivity contribution in [3.63, 3.8) is 0 Å². The number of rotatable bonds is 5. The minimum absolute atomic E-state index is 0.137. The quantitative estimate of drug-likeness (QED) is 0.445. The van der Waals surface area contributed by atoms with Crippen LogP contribution < -0.4 is 0 Å². The summed E-state index contributed by atoms with van der Waals surface area (Å²) in [5, 5.41) is 5.05. The first-order valence-electron chi connectivity index (χ1n) is 11.4. The zero-order valence-corrected chi connectivity index (χ0v) is 19.0. The normalized spacial score (nSPS) is 16.1. The molecule has 1 aliphatic heterocycles. The predicted molar refractivity (Wildman–Crippen MR) is 124 cm³/mol. The van der Waals surface area contributed by atoms with Gasteiger partial charge in [-0.15, -0.1) is 0 Å². The first kappa shape index (κ1) is 21.2. The first-order valence-corrected chi connectivity index (χ1v) is 11.4. The second-order valence-corrected chi connectivity index (χ2v) is 9.03. The Hall–Kier alpha value is -4.34. The molecular formula is C25H22N6O4. The van der Waals surface area contributed by atoms with Gasteiger partial charge in [0.1, 0.15) is 17.0 Å². The lowest BCUT2D eigenvalue weighted by Crippen LogP contribution is -2.40. The lowest BCUT2D eigenvalue weighted by Gasteiger charge is -2.28. The van der Waals surface area contributed by atoms with E-state index in [0.717, 1.165) is 10.9 Å². The molecule has 10 heteroatoms. The summed E-state index contributed by atoms with van der Waals surface area (Å²) >= 11 is 0. The van der Waals surface area contributed by atoms with Crippen LogP contribution in [0, 0.1) is 0 Å². The molecule has 1 saturated carbocycles. The average Bonchev–Trinajstić information content (AvgIpc) is 3.41. The van der Waals surface area contributed by atoms with Crippen LogP contribution in [0.15, 0.2) is 47.2 Å². The number of H-pyrrole nitrogens is 1. The van der Waals surface area contributed by atoms with E-state index in [0.29, 0.717) is 60.5 Å². The molecule has 1 aromatic carbocycles. The van der Waals surface area contributed by atoms with Crippen molar-refractivity contribution in [1.29, 1.82) is 0 Å². The molecule has 2 amide bonds. The van der Waals surface area contributed by atoms with Crippen LogP contribution in [0.5, 0.6) is 0 Å². The smallest absolute Gasteiger partial charge is 0.276 e. The number of nitrogens with one attached hydrogen (secondary N) is 1. The van der Waals surface area contributed by atoms with Crippen LogP contribution in [0.25, 0.3) is 10.9 Å². The summed E-state index contributed by atoms with van der Waals surface area (Å²) < 4.78 is 5.50. The second kappa shape index (κ2) is 7.86. The maximum Gasteiger partial charge on any atom is 0.276 e. The van der Waals surface area contributed by atoms with Gasteiger partial charge in [-0.2, -0.15) is 0 Å². The van der Waals surface area contributed by atoms with Crippen molar-refractivity contribution in [3.05, 3.63) is 76.8 Å². The molecule has 1 N–H and O–H groups in total. The molecule has 0 saturated heterocycles. The molecule has 6 rings (SSSR count). The Morgan fingerprint density at radius 1 is 1.20 bits per heavy atom. The zero-order valence-electron chi connectivity index (χ0n) is 19.0. The van der Waals surface area contributed by atoms with Crippen molar-refractivity contribution in [2.24, 2.45) is 0 Å². The Bertz CT molecular complexity index is 1430. The average molecular weight is 470 g/mol. The molecule has 176 valence electrons. The number of benzene rings is 1. The molecule has 35 heavy (non-hydrogen) atoms. The Morgan fingerprint density at radius 3 is 2.69 bits per heavy atom. The third kappa shape index (κ3) is 3.40. The van der Waals surface area contributed by atoms with Gasteiger partial charge in [-0.25, -0.2) is 9.97 Å². The fourth-order valence-corrected chi connectivity index (χ4v) is 4.73. The highest BCUT2D eigenvalue weighted by Gasteiger charge is 2.53. The van der Waals surface area contributed by atoms with Crippen LogP contribution in [0.3, 0.4) is 0 Å². The summed E-state index contributed by atoms with van der Waals surface area (Å²) in [6.07, 6.45) is 5.50. The van der Waals surface area contributed by atoms with Gasteiger partial charge >= 0.3 is 0 Å². The van der Waals surface area contributed by atoms with Crippen LogP contribution in [-0.2, 0) is 18.5 Å². The van der Waals surface area contributed by atoms with E-state index in [-0.39, 0.29) is 24.1 Å². The van der Waals surface area contributed by atoms with E-state index in [1.165, 1.54) is 12.4 Å². The number of hydrogen-bond acceptors (Lipinski definition) is 7. The van der Waals surface area contributed by atoms with Crippen molar-refractivity contribution in [3.8, 4) is 0 Å². The predicted octanol–water partition coefficient (Wildman–Crippen LogP) is 2.72. The molecule has 1 aliphatic carbocycles. The summed E-state index contributed by atoms with van der Waals surface area (Å²) in [6.45, 7) is 0.709. The summed E-state index contributed by atoms with van der Waals surface area (Å²) in [5.41, 5.74) is 1.97. The van der Waals surface area contributed by atoms with Crippen molar-refractivity contribution < 1.29 is 18.9 Å². The van der Waals surface area contributed by atoms with Gasteiger partial charge < -0.3 is 19.3 Å². The third-order valence-corrected chi connectivity index (χ3v) is 6.97. The topological polar surface area (TPSA) is 125 Å². The van der Waals surface area contributed by atoms with Gasteiger partial charge in [-0.1, -0.05) is 23.4 Å². The molecular weight excluding hydrogens is 448 g/mol. The number of aromatic amines is 1. The van der Waals surface area contributed by atoms with Crippen LogP contribution in [0.1, 0.15) is 61.3 Å². The van der Waals surface area contributed by atoms with Crippen molar-refractivity contribution in [2.45, 2.75) is 31.3 Å². The van der Waals surface area contributed by atoms with Crippen LogP contribution in [0.2, 0.25) is 0 Å². The first-order chi connectivity index (χ1) is 17.0. The number of hydrogen-bond donors (Lipinski definition) is 1. The molecule has 0 radical (unpaired) electrons. The molecule has 4 aromatic rings. The molecule has 2 aliphatic rings. The Balaban J connectivity index is 1.24. The maximum absolute atomic E-state index is 13.5. The lowest BCUT2D eigenvalue weighted by molar-refractivity contribution is 0.0673. The van der Waals surface area contributed by atoms with Gasteiger partial charge in [0.15, 0.2) is 17.8 Å². The highest BCUT2D eigenvalue weighted by molar-refractivity contribution is 5.99. The van der Waals surface area contributed by atoms with E-state index in [4.69, 9.17) is 4.52 Å². The monoisotopic (exact) mass is 470 g/mol. The lowest BCUT2D eigenvalue weighted by atomic mass is 10.0. The minimum Gasteiger partial charge on any atom is -0.360 e. The molecule has 1 fully saturated rings. The van der Waals surface area contributed by atoms with E-state index in [1.54, 1.807) is 16.8 Å². The summed E-state index contributed by atoms with van der Waals surface area (Å²) in [6, 6.07) is 9.56. The van der Waals surface area contributed by atoms with Crippen LogP contribution in [-0.4, -0.2) is 61.6 Å². The molecule has 3 aromatic heterocycles. The van der Waals surface area contributed by atoms with Crippen molar-refractivity contribution in [2.75, 3.05) is 13.6 Å². The largest absolute Gasteiger partial charge is 0.360 e. The van der Waals surface area contributed by atoms with E-state index in [9.17, 15) is 14.4 Å². The molecule has 10 nitrogen and oxygen atoms in total. The number of aldehydes is 1. The van der Waals surface area contributed by atoms with Gasteiger partial charge in [-0.3, -0.25) is 14.4 Å². The van der Waals surface area contributed by atoms with Gasteiger partial charge in [0.2, 0.25) is 0 Å². The summed E-state index contributed by atoms with van der Waals surface area (Å²) in [7, 11) is 1.70. The highest BCUT2D eigenvalue weighted by atomic mass is 16.5. The van der Waals surface area contributed by atoms with E-state index >= 15 is 0 Å². The summed E-state index contributed by atoms with van der Waals surface area (Å²) in [4.78, 5) is 52.8. The second-order valence-electron chi connectivity index (χ2n) is 9.03. The maximum atomic E-state index is 13.5. The van der Waals surface area contributed by atoms with Crippen molar-refractivity contribution >= 4 is 29.0 Å². The fourth-order valence-electron chi connectivity index (χ4n) is 4.73. The summed E-state index contributed by atoms with van der Waals surface area (Å²) in [5.74, 6) is 0.670. The number of carbonyl (C=O) groups excluding carboxylic acids is 3. The molecule has 0 unspecified atom stereocenters. The molecule has 0 spiro atoms. The highest BCUT2D eigenvalue weighted by Crippen LogP contribution is 2.49. The SMILES string of the molecule is CN(C(=O)c1noc2c1CN(C(=O)c1cc3ccccc3[nH]1)CC2)C1(c2ncc(C=O)cn2)CC1. The third-order valence-electron chi connectivity index (χ3n) is 6.97. The van der Waals surface area contributed by atoms with E-state index in [2.05, 4.69) is 20.1 Å². The standard InChI is InChI=1S/C25H22N6O4/c1-30(25(7-8-25)24-26-11-15(14-32)12-27-24)23(34)21-17-13-31(9-6-20(17)35-29-21)22(33)19-10-16-4-2-3-5-18(16)28-19/h2-5,10-12,14,28H,6-9,13H2,1H3. The van der Waals surface area contributed by atoms with Crippen molar-refractivity contribution in [1.82, 2.24) is 29.9 Å².